The van der Waals surface area contributed by atoms with Gasteiger partial charge in [-0.15, -0.1) is 0 Å². The maximum Gasteiger partial charge on any atom is 0.290 e. The van der Waals surface area contributed by atoms with Crippen LogP contribution >= 0.6 is 11.9 Å². The second-order valence-electron chi connectivity index (χ2n) is 7.00. The summed E-state index contributed by atoms with van der Waals surface area (Å²) in [5.41, 5.74) is 1.96. The van der Waals surface area contributed by atoms with E-state index in [1.165, 1.54) is 18.0 Å². The van der Waals surface area contributed by atoms with E-state index in [1.807, 2.05) is 90.1 Å². The Morgan fingerprint density at radius 2 is 1.52 bits per heavy atom. The minimum Gasteiger partial charge on any atom is -0.497 e. The summed E-state index contributed by atoms with van der Waals surface area (Å²) in [5.74, 6) is 1.31. The van der Waals surface area contributed by atoms with E-state index < -0.39 is 6.23 Å². The third-order valence-corrected chi connectivity index (χ3v) is 6.31. The molecule has 0 aromatic heterocycles. The normalized spacial score (nSPS) is 15.2. The highest BCUT2D eigenvalue weighted by molar-refractivity contribution is 7.97. The van der Waals surface area contributed by atoms with E-state index in [0.717, 1.165) is 11.1 Å². The molecule has 1 N–H and O–H groups in total. The van der Waals surface area contributed by atoms with Crippen molar-refractivity contribution in [3.63, 3.8) is 0 Å². The molecule has 40 heavy (non-hydrogen) atoms. The van der Waals surface area contributed by atoms with Crippen LogP contribution in [-0.4, -0.2) is 41.6 Å². The average molecular weight is 575 g/mol. The van der Waals surface area contributed by atoms with Gasteiger partial charge in [-0.25, -0.2) is 4.31 Å². The summed E-state index contributed by atoms with van der Waals surface area (Å²) in [5, 5.41) is 18.5. The molecule has 0 saturated carbocycles. The number of hydrogen-bond donors (Lipinski definition) is 1. The molecule has 0 radical (unpaired) electrons. The number of para-hydroxylation sites is 1. The number of rotatable bonds is 7. The Bertz CT molecular complexity index is 1120. The van der Waals surface area contributed by atoms with Crippen molar-refractivity contribution in [1.29, 1.82) is 0 Å². The van der Waals surface area contributed by atoms with Crippen LogP contribution in [0.1, 0.15) is 64.9 Å². The van der Waals surface area contributed by atoms with E-state index in [4.69, 9.17) is 24.1 Å². The van der Waals surface area contributed by atoms with Gasteiger partial charge in [-0.1, -0.05) is 84.0 Å². The first kappa shape index (κ1) is 36.4. The van der Waals surface area contributed by atoms with Crippen LogP contribution in [0.3, 0.4) is 0 Å². The van der Waals surface area contributed by atoms with Gasteiger partial charge in [0.25, 0.3) is 12.2 Å². The molecule has 10 heteroatoms. The second-order valence-corrected chi connectivity index (χ2v) is 8.05. The number of carboxylic acid groups (broad SMARTS) is 1. The van der Waals surface area contributed by atoms with Gasteiger partial charge in [0, 0.05) is 17.7 Å². The van der Waals surface area contributed by atoms with Gasteiger partial charge >= 0.3 is 0 Å². The Labute approximate surface area is 242 Å². The lowest BCUT2D eigenvalue weighted by atomic mass is 10.1. The van der Waals surface area contributed by atoms with E-state index in [2.05, 4.69) is 4.31 Å². The van der Waals surface area contributed by atoms with Crippen LogP contribution in [-0.2, 0) is 9.53 Å². The zero-order chi connectivity index (χ0) is 30.5. The largest absolute Gasteiger partial charge is 0.497 e. The second kappa shape index (κ2) is 21.2. The van der Waals surface area contributed by atoms with E-state index >= 15 is 0 Å². The van der Waals surface area contributed by atoms with Crippen molar-refractivity contribution in [2.75, 3.05) is 20.8 Å². The minimum atomic E-state index is -0.462. The van der Waals surface area contributed by atoms with Crippen molar-refractivity contribution in [2.24, 2.45) is 0 Å². The first-order valence-corrected chi connectivity index (χ1v) is 14.0. The lowest BCUT2D eigenvalue weighted by Gasteiger charge is -2.28. The highest BCUT2D eigenvalue weighted by Gasteiger charge is 2.39. The van der Waals surface area contributed by atoms with Crippen molar-refractivity contribution in [1.82, 2.24) is 4.31 Å². The first-order valence-electron chi connectivity index (χ1n) is 13.2. The molecule has 2 atom stereocenters. The van der Waals surface area contributed by atoms with Gasteiger partial charge in [0.15, 0.2) is 0 Å². The van der Waals surface area contributed by atoms with Gasteiger partial charge in [-0.2, -0.15) is 0 Å². The Morgan fingerprint density at radius 1 is 0.950 bits per heavy atom. The number of hydrogen-bond acceptors (Lipinski definition) is 8. The van der Waals surface area contributed by atoms with Crippen LogP contribution in [0.5, 0.6) is 11.5 Å². The fraction of sp³-hybridized carbons (Fsp3) is 0.367. The molecule has 2 unspecified atom stereocenters. The molecule has 1 aliphatic heterocycles. The van der Waals surface area contributed by atoms with E-state index in [0.29, 0.717) is 23.0 Å². The van der Waals surface area contributed by atoms with Crippen LogP contribution in [0.25, 0.3) is 0 Å². The number of nitro benzene ring substituents is 1. The molecule has 1 heterocycles. The van der Waals surface area contributed by atoms with Gasteiger partial charge in [0.2, 0.25) is 0 Å². The molecular weight excluding hydrogens is 532 g/mol. The number of carbonyl (C=O) groups is 1. The summed E-state index contributed by atoms with van der Waals surface area (Å²) in [6.45, 7) is 12.2. The minimum absolute atomic E-state index is 0.0617. The Morgan fingerprint density at radius 3 is 2.08 bits per heavy atom. The fourth-order valence-corrected chi connectivity index (χ4v) is 4.75. The van der Waals surface area contributed by atoms with Crippen molar-refractivity contribution >= 4 is 24.1 Å². The number of benzene rings is 3. The molecule has 0 spiro atoms. The highest BCUT2D eigenvalue weighted by Crippen LogP contribution is 2.49. The van der Waals surface area contributed by atoms with Gasteiger partial charge in [0.1, 0.15) is 22.6 Å². The molecule has 1 fully saturated rings. The van der Waals surface area contributed by atoms with Gasteiger partial charge < -0.3 is 19.3 Å². The van der Waals surface area contributed by atoms with Crippen LogP contribution in [0.15, 0.2) is 77.7 Å². The first-order chi connectivity index (χ1) is 19.5. The lowest BCUT2D eigenvalue weighted by Crippen LogP contribution is -2.21. The summed E-state index contributed by atoms with van der Waals surface area (Å²) in [4.78, 5) is 20.1. The molecule has 1 aliphatic rings. The van der Waals surface area contributed by atoms with Crippen LogP contribution in [0.2, 0.25) is 0 Å². The zero-order valence-corrected chi connectivity index (χ0v) is 25.4. The monoisotopic (exact) mass is 574 g/mol. The Balaban J connectivity index is 0.00000153. The Hall–Kier alpha value is -3.60. The molecule has 0 amide bonds. The molecule has 9 nitrogen and oxygen atoms in total. The van der Waals surface area contributed by atoms with Crippen LogP contribution in [0.4, 0.5) is 5.69 Å². The van der Waals surface area contributed by atoms with Crippen molar-refractivity contribution in [3.8, 4) is 11.5 Å². The fourth-order valence-electron chi connectivity index (χ4n) is 3.57. The maximum absolute atomic E-state index is 11.6. The van der Waals surface area contributed by atoms with Crippen LogP contribution in [0, 0.1) is 10.1 Å². The lowest BCUT2D eigenvalue weighted by molar-refractivity contribution is -0.387. The van der Waals surface area contributed by atoms with Crippen molar-refractivity contribution in [3.05, 3.63) is 94.0 Å². The number of ether oxygens (including phenoxy) is 3. The number of methoxy groups -OCH3 is 2. The smallest absolute Gasteiger partial charge is 0.290 e. The van der Waals surface area contributed by atoms with Crippen molar-refractivity contribution < 1.29 is 29.0 Å². The molecule has 220 valence electrons. The number of nitro groups is 1. The standard InChI is InChI=1S/C23H22N2O5S.3C2H6.CH2O2/c1-28-17-12-13-18(21(14-17)29-2)23-24(20(15-30-23)16-8-4-3-5-9-16)31-22-11-7-6-10-19(22)25(26)27;3*1-2;2-1-3/h3-14,20,23H,15H2,1-2H3;3*1-2H3;1H,(H,2,3). The van der Waals surface area contributed by atoms with E-state index in [-0.39, 0.29) is 23.1 Å². The summed E-state index contributed by atoms with van der Waals surface area (Å²) in [7, 11) is 3.20. The Kier molecular flexibility index (Phi) is 19.3. The molecule has 4 rings (SSSR count). The van der Waals surface area contributed by atoms with Crippen LogP contribution < -0.4 is 9.47 Å². The SMILES string of the molecule is CC.CC.CC.COc1ccc(C2OCC(c3ccccc3)N2Sc2ccccc2[N+](=O)[O-])c(OC)c1.O=CO. The average Bonchev–Trinajstić information content (AvgIpc) is 3.43. The molecule has 0 bridgehead atoms. The molecule has 1 saturated heterocycles. The third kappa shape index (κ3) is 10.2. The van der Waals surface area contributed by atoms with Gasteiger partial charge in [-0.05, 0) is 35.7 Å². The summed E-state index contributed by atoms with van der Waals surface area (Å²) < 4.78 is 19.2. The quantitative estimate of drug-likeness (QED) is 0.129. The number of nitrogens with zero attached hydrogens (tertiary/aromatic N) is 2. The highest BCUT2D eigenvalue weighted by atomic mass is 32.2. The third-order valence-electron chi connectivity index (χ3n) is 5.11. The van der Waals surface area contributed by atoms with Gasteiger partial charge in [-0.3, -0.25) is 14.9 Å². The maximum atomic E-state index is 11.6. The van der Waals surface area contributed by atoms with E-state index in [1.54, 1.807) is 32.4 Å². The van der Waals surface area contributed by atoms with Gasteiger partial charge in [0.05, 0.1) is 31.8 Å². The summed E-state index contributed by atoms with van der Waals surface area (Å²) in [6, 6.07) is 22.2. The predicted molar refractivity (Wildman–Crippen MR) is 161 cm³/mol. The van der Waals surface area contributed by atoms with E-state index in [9.17, 15) is 10.1 Å². The zero-order valence-electron chi connectivity index (χ0n) is 24.6. The van der Waals surface area contributed by atoms with Crippen molar-refractivity contribution in [2.45, 2.75) is 58.7 Å². The molecule has 0 aliphatic carbocycles. The summed E-state index contributed by atoms with van der Waals surface area (Å²) >= 11 is 1.32. The molecular formula is C30H42N2O7S. The molecule has 3 aromatic rings. The predicted octanol–water partition coefficient (Wildman–Crippen LogP) is 8.17. The summed E-state index contributed by atoms with van der Waals surface area (Å²) in [6.07, 6.45) is -0.462. The topological polar surface area (TPSA) is 111 Å². The molecule has 3 aromatic carbocycles.